The Morgan fingerprint density at radius 2 is 1.15 bits per heavy atom. The normalized spacial score (nSPS) is 13.6. The molecule has 2 aromatic heterocycles. The standard InChI is InChI=1S/C29H30N4O3.C22H26N4O2.C8H8O2/c1-3-33-26-12-11-24(19(2)29(26)30-31-33)25(17-28(35)36)22-10-9-21-13-14-32(18-23(21)16-22)27(34)15-20-7-5-4-6-8-20;1-4-26-20-8-7-18(14(2)22(20)24-25-26)19(12-21(27)28-3)16-6-5-15-9-10-23-13-17(15)11-16;9-8(10)6-7-4-2-1-3-5-7/h4-12,16,25H,3,13-15,17-18H2,1-2H3,(H,35,36);5-8,11,19,23H,4,9-10,12-13H2,1-3H3;1-5H,6H2,(H,9,10). The molecular weight excluding hydrogens is 933 g/mol. The van der Waals surface area contributed by atoms with E-state index < -0.39 is 11.9 Å². The fourth-order valence-corrected chi connectivity index (χ4v) is 10.2. The van der Waals surface area contributed by atoms with Gasteiger partial charge in [0, 0.05) is 44.6 Å². The van der Waals surface area contributed by atoms with Gasteiger partial charge in [0.2, 0.25) is 5.91 Å². The first-order valence-corrected chi connectivity index (χ1v) is 25.3. The zero-order valence-corrected chi connectivity index (χ0v) is 42.8. The molecule has 0 bridgehead atoms. The molecule has 2 aliphatic rings. The van der Waals surface area contributed by atoms with Crippen LogP contribution in [0.15, 0.2) is 121 Å². The van der Waals surface area contributed by atoms with E-state index in [4.69, 9.17) is 9.84 Å². The van der Waals surface area contributed by atoms with E-state index >= 15 is 0 Å². The lowest BCUT2D eigenvalue weighted by Crippen LogP contribution is -2.37. The Kier molecular flexibility index (Phi) is 17.0. The number of hydrogen-bond donors (Lipinski definition) is 3. The minimum absolute atomic E-state index is 0.0241. The van der Waals surface area contributed by atoms with Gasteiger partial charge in [-0.25, -0.2) is 9.36 Å². The molecule has 0 aliphatic carbocycles. The van der Waals surface area contributed by atoms with Crippen LogP contribution in [0, 0.1) is 13.8 Å². The Morgan fingerprint density at radius 1 is 0.622 bits per heavy atom. The number of carboxylic acids is 2. The van der Waals surface area contributed by atoms with E-state index in [2.05, 4.69) is 82.3 Å². The fourth-order valence-electron chi connectivity index (χ4n) is 10.2. The number of esters is 1. The third-order valence-corrected chi connectivity index (χ3v) is 14.2. The second-order valence-corrected chi connectivity index (χ2v) is 18.9. The van der Waals surface area contributed by atoms with Gasteiger partial charge in [-0.3, -0.25) is 19.2 Å². The molecule has 74 heavy (non-hydrogen) atoms. The zero-order chi connectivity index (χ0) is 52.3. The van der Waals surface area contributed by atoms with Gasteiger partial charge in [-0.15, -0.1) is 10.2 Å². The molecule has 8 aromatic rings. The highest BCUT2D eigenvalue weighted by Gasteiger charge is 2.27. The number of benzene rings is 6. The minimum Gasteiger partial charge on any atom is -0.481 e. The number of ether oxygens (including phenoxy) is 1. The number of nitrogens with zero attached hydrogens (tertiary/aromatic N) is 7. The second kappa shape index (κ2) is 24.1. The first kappa shape index (κ1) is 52.3. The van der Waals surface area contributed by atoms with Crippen molar-refractivity contribution in [3.05, 3.63) is 188 Å². The molecule has 15 nitrogen and oxygen atoms in total. The first-order valence-electron chi connectivity index (χ1n) is 25.3. The fraction of sp³-hybridized carbons (Fsp3) is 0.322. The summed E-state index contributed by atoms with van der Waals surface area (Å²) < 4.78 is 8.74. The van der Waals surface area contributed by atoms with E-state index in [9.17, 15) is 24.3 Å². The Balaban J connectivity index is 0.000000169. The predicted molar refractivity (Wildman–Crippen MR) is 284 cm³/mol. The van der Waals surface area contributed by atoms with Crippen LogP contribution >= 0.6 is 0 Å². The van der Waals surface area contributed by atoms with E-state index in [1.54, 1.807) is 12.1 Å². The molecule has 4 heterocycles. The van der Waals surface area contributed by atoms with E-state index in [0.29, 0.717) is 25.9 Å². The summed E-state index contributed by atoms with van der Waals surface area (Å²) in [4.78, 5) is 49.2. The number of nitrogens with one attached hydrogen (secondary N) is 1. The number of aliphatic carboxylic acids is 2. The van der Waals surface area contributed by atoms with Crippen molar-refractivity contribution < 1.29 is 34.1 Å². The number of rotatable bonds is 14. The zero-order valence-electron chi connectivity index (χ0n) is 42.8. The Labute approximate surface area is 431 Å². The van der Waals surface area contributed by atoms with Crippen molar-refractivity contribution >= 4 is 45.9 Å². The highest BCUT2D eigenvalue weighted by Crippen LogP contribution is 2.37. The van der Waals surface area contributed by atoms with Crippen LogP contribution in [0.3, 0.4) is 0 Å². The molecule has 15 heteroatoms. The molecule has 2 unspecified atom stereocenters. The van der Waals surface area contributed by atoms with Crippen LogP contribution in [0.2, 0.25) is 0 Å². The molecule has 6 aromatic carbocycles. The maximum absolute atomic E-state index is 13.0. The smallest absolute Gasteiger partial charge is 0.307 e. The lowest BCUT2D eigenvalue weighted by atomic mass is 9.83. The third kappa shape index (κ3) is 12.2. The second-order valence-electron chi connectivity index (χ2n) is 18.9. The number of carbonyl (C=O) groups is 4. The van der Waals surface area contributed by atoms with Gasteiger partial charge >= 0.3 is 17.9 Å². The average Bonchev–Trinajstić information content (AvgIpc) is 4.06. The summed E-state index contributed by atoms with van der Waals surface area (Å²) >= 11 is 0. The molecule has 10 rings (SSSR count). The molecule has 1 amide bonds. The number of aromatic nitrogens is 6. The number of carbonyl (C=O) groups excluding carboxylic acids is 2. The van der Waals surface area contributed by atoms with Crippen molar-refractivity contribution in [3.63, 3.8) is 0 Å². The Hall–Kier alpha value is -8.04. The van der Waals surface area contributed by atoms with Crippen molar-refractivity contribution in [3.8, 4) is 0 Å². The van der Waals surface area contributed by atoms with E-state index in [1.807, 2.05) is 94.8 Å². The summed E-state index contributed by atoms with van der Waals surface area (Å²) in [6.07, 6.45) is 2.61. The van der Waals surface area contributed by atoms with Crippen LogP contribution in [0.1, 0.15) is 105 Å². The van der Waals surface area contributed by atoms with Gasteiger partial charge < -0.3 is 25.2 Å². The topological polar surface area (TPSA) is 195 Å². The number of methoxy groups -OCH3 is 1. The molecule has 0 saturated carbocycles. The van der Waals surface area contributed by atoms with Crippen LogP contribution in [0.5, 0.6) is 0 Å². The van der Waals surface area contributed by atoms with Crippen LogP contribution in [-0.4, -0.2) is 89.1 Å². The van der Waals surface area contributed by atoms with Crippen LogP contribution in [0.4, 0.5) is 0 Å². The molecule has 0 saturated heterocycles. The number of hydrogen-bond acceptors (Lipinski definition) is 10. The molecule has 382 valence electrons. The van der Waals surface area contributed by atoms with Gasteiger partial charge in [0.1, 0.15) is 11.0 Å². The summed E-state index contributed by atoms with van der Waals surface area (Å²) in [7, 11) is 1.44. The quantitative estimate of drug-likeness (QED) is 0.0878. The lowest BCUT2D eigenvalue weighted by molar-refractivity contribution is -0.141. The SMILES string of the molecule is CCn1nnc2c(C)c(C(CC(=O)O)c3ccc4c(c3)CN(C(=O)Cc3ccccc3)CC4)ccc21.CCn1nnc2c(C)c(C(CC(=O)OC)c3ccc4c(c3)CNCC4)ccc21.O=C(O)Cc1ccccc1. The van der Waals surface area contributed by atoms with Gasteiger partial charge in [0.05, 0.1) is 43.8 Å². The monoisotopic (exact) mass is 996 g/mol. The molecular formula is C59H64N8O7. The van der Waals surface area contributed by atoms with Crippen molar-refractivity contribution in [2.45, 2.75) is 104 Å². The van der Waals surface area contributed by atoms with Crippen molar-refractivity contribution in [2.24, 2.45) is 0 Å². The first-order chi connectivity index (χ1) is 35.8. The Bertz CT molecular complexity index is 3280. The van der Waals surface area contributed by atoms with Gasteiger partial charge in [-0.1, -0.05) is 120 Å². The van der Waals surface area contributed by atoms with E-state index in [0.717, 1.165) is 111 Å². The lowest BCUT2D eigenvalue weighted by Gasteiger charge is -2.30. The maximum Gasteiger partial charge on any atom is 0.307 e. The van der Waals surface area contributed by atoms with Crippen molar-refractivity contribution in [1.29, 1.82) is 0 Å². The van der Waals surface area contributed by atoms with E-state index in [-0.39, 0.29) is 36.6 Å². The highest BCUT2D eigenvalue weighted by atomic mass is 16.5. The number of fused-ring (bicyclic) bond motifs is 4. The Morgan fingerprint density at radius 3 is 1.68 bits per heavy atom. The molecule has 3 N–H and O–H groups in total. The molecule has 0 fully saturated rings. The summed E-state index contributed by atoms with van der Waals surface area (Å²) in [5.41, 5.74) is 16.7. The highest BCUT2D eigenvalue weighted by molar-refractivity contribution is 5.82. The van der Waals surface area contributed by atoms with Crippen LogP contribution in [0.25, 0.3) is 22.1 Å². The summed E-state index contributed by atoms with van der Waals surface area (Å²) in [5, 5.41) is 38.8. The maximum atomic E-state index is 13.0. The minimum atomic E-state index is -0.853. The van der Waals surface area contributed by atoms with Crippen LogP contribution < -0.4 is 5.32 Å². The van der Waals surface area contributed by atoms with E-state index in [1.165, 1.54) is 23.8 Å². The van der Waals surface area contributed by atoms with Crippen LogP contribution in [-0.2, 0) is 75.8 Å². The summed E-state index contributed by atoms with van der Waals surface area (Å²) in [6.45, 7) is 12.7. The molecule has 2 atom stereocenters. The predicted octanol–water partition coefficient (Wildman–Crippen LogP) is 8.91. The van der Waals surface area contributed by atoms with Gasteiger partial charge in [-0.05, 0) is 126 Å². The van der Waals surface area contributed by atoms with Gasteiger partial charge in [0.15, 0.2) is 0 Å². The van der Waals surface area contributed by atoms with Crippen molar-refractivity contribution in [2.75, 3.05) is 20.2 Å². The summed E-state index contributed by atoms with van der Waals surface area (Å²) in [5.74, 6) is -2.13. The summed E-state index contributed by atoms with van der Waals surface area (Å²) in [6, 6.07) is 39.9. The molecule has 0 radical (unpaired) electrons. The number of aryl methyl sites for hydroxylation is 4. The largest absolute Gasteiger partial charge is 0.481 e. The molecule has 0 spiro atoms. The van der Waals surface area contributed by atoms with Gasteiger partial charge in [0.25, 0.3) is 0 Å². The van der Waals surface area contributed by atoms with Gasteiger partial charge in [-0.2, -0.15) is 0 Å². The number of carboxylic acid groups (broad SMARTS) is 2. The molecule has 2 aliphatic heterocycles. The average molecular weight is 997 g/mol. The number of amides is 1. The van der Waals surface area contributed by atoms with Crippen molar-refractivity contribution in [1.82, 2.24) is 40.2 Å². The third-order valence-electron chi connectivity index (χ3n) is 14.2.